The number of thiophene rings is 1. The Labute approximate surface area is 151 Å². The number of hydrogen-bond donors (Lipinski definition) is 1. The number of carbonyl (C=O) groups excluding carboxylic acids is 2. The van der Waals surface area contributed by atoms with Crippen molar-refractivity contribution in [3.05, 3.63) is 57.8 Å². The number of hydrogen-bond acceptors (Lipinski definition) is 4. The van der Waals surface area contributed by atoms with E-state index >= 15 is 0 Å². The molecule has 2 unspecified atom stereocenters. The molecule has 0 aliphatic heterocycles. The lowest BCUT2D eigenvalue weighted by Crippen LogP contribution is -2.47. The van der Waals surface area contributed by atoms with Crippen LogP contribution < -0.4 is 5.32 Å². The van der Waals surface area contributed by atoms with E-state index < -0.39 is 6.04 Å². The van der Waals surface area contributed by atoms with Crippen molar-refractivity contribution in [3.63, 3.8) is 0 Å². The van der Waals surface area contributed by atoms with E-state index in [2.05, 4.69) is 11.4 Å². The molecule has 0 bridgehead atoms. The largest absolute Gasteiger partial charge is 0.340 e. The van der Waals surface area contributed by atoms with Crippen molar-refractivity contribution in [3.8, 4) is 6.07 Å². The number of amides is 2. The van der Waals surface area contributed by atoms with Gasteiger partial charge in [-0.15, -0.1) is 11.3 Å². The van der Waals surface area contributed by atoms with Gasteiger partial charge in [0, 0.05) is 6.54 Å². The molecule has 2 amide bonds. The maximum atomic E-state index is 12.8. The zero-order valence-electron chi connectivity index (χ0n) is 14.5. The zero-order chi connectivity index (χ0) is 18.4. The van der Waals surface area contributed by atoms with Gasteiger partial charge in [-0.2, -0.15) is 5.26 Å². The lowest BCUT2D eigenvalue weighted by atomic mass is 10.0. The molecule has 2 rings (SSSR count). The van der Waals surface area contributed by atoms with Crippen LogP contribution in [0.4, 0.5) is 0 Å². The number of nitrogens with one attached hydrogen (secondary N) is 1. The van der Waals surface area contributed by atoms with Gasteiger partial charge in [-0.1, -0.05) is 18.2 Å². The van der Waals surface area contributed by atoms with Gasteiger partial charge in [0.25, 0.3) is 5.91 Å². The van der Waals surface area contributed by atoms with Crippen LogP contribution in [0.1, 0.15) is 47.6 Å². The molecule has 1 N–H and O–H groups in total. The van der Waals surface area contributed by atoms with Gasteiger partial charge in [0.05, 0.1) is 22.6 Å². The van der Waals surface area contributed by atoms with Crippen LogP contribution in [0.3, 0.4) is 0 Å². The summed E-state index contributed by atoms with van der Waals surface area (Å²) in [4.78, 5) is 27.2. The Balaban J connectivity index is 2.08. The highest BCUT2D eigenvalue weighted by Gasteiger charge is 2.26. The lowest BCUT2D eigenvalue weighted by molar-refractivity contribution is -0.134. The molecular weight excluding hydrogens is 334 g/mol. The van der Waals surface area contributed by atoms with Gasteiger partial charge in [-0.3, -0.25) is 9.59 Å². The molecule has 0 aliphatic carbocycles. The van der Waals surface area contributed by atoms with Crippen LogP contribution >= 0.6 is 11.3 Å². The molecule has 2 aromatic rings. The maximum Gasteiger partial charge on any atom is 0.261 e. The maximum absolute atomic E-state index is 12.8. The summed E-state index contributed by atoms with van der Waals surface area (Å²) in [5, 5.41) is 13.5. The van der Waals surface area contributed by atoms with Crippen molar-refractivity contribution >= 4 is 23.2 Å². The average Bonchev–Trinajstić information content (AvgIpc) is 3.17. The summed E-state index contributed by atoms with van der Waals surface area (Å²) < 4.78 is 0. The first-order valence-corrected chi connectivity index (χ1v) is 9.00. The average molecular weight is 355 g/mol. The highest BCUT2D eigenvalue weighted by atomic mass is 32.1. The van der Waals surface area contributed by atoms with Crippen LogP contribution in [0, 0.1) is 11.3 Å². The smallest absolute Gasteiger partial charge is 0.261 e. The van der Waals surface area contributed by atoms with Crippen LogP contribution in [-0.2, 0) is 4.79 Å². The third kappa shape index (κ3) is 4.46. The van der Waals surface area contributed by atoms with Crippen LogP contribution in [0.15, 0.2) is 41.8 Å². The fourth-order valence-corrected chi connectivity index (χ4v) is 3.25. The van der Waals surface area contributed by atoms with Gasteiger partial charge in [0.2, 0.25) is 5.91 Å². The number of carbonyl (C=O) groups is 2. The molecule has 1 aromatic heterocycles. The Bertz CT molecular complexity index is 763. The van der Waals surface area contributed by atoms with E-state index in [1.807, 2.05) is 31.4 Å². The van der Waals surface area contributed by atoms with E-state index in [1.165, 1.54) is 11.3 Å². The first-order valence-electron chi connectivity index (χ1n) is 8.12. The fraction of sp³-hybridized carbons (Fsp3) is 0.316. The number of nitrogens with zero attached hydrogens (tertiary/aromatic N) is 2. The van der Waals surface area contributed by atoms with E-state index in [-0.39, 0.29) is 17.9 Å². The highest BCUT2D eigenvalue weighted by Crippen LogP contribution is 2.21. The minimum Gasteiger partial charge on any atom is -0.340 e. The SMILES string of the molecule is CCN(C(=O)C(C)NC(=O)c1cccs1)C(C)c1ccc(C#N)cc1. The van der Waals surface area contributed by atoms with Crippen molar-refractivity contribution in [1.82, 2.24) is 10.2 Å². The first kappa shape index (κ1) is 18.7. The van der Waals surface area contributed by atoms with E-state index in [0.717, 1.165) is 5.56 Å². The second kappa shape index (κ2) is 8.45. The second-order valence-electron chi connectivity index (χ2n) is 5.71. The standard InChI is InChI=1S/C19H21N3O2S/c1-4-22(14(3)16-9-7-15(12-20)8-10-16)19(24)13(2)21-18(23)17-6-5-11-25-17/h5-11,13-14H,4H2,1-3H3,(H,21,23). The van der Waals surface area contributed by atoms with Crippen molar-refractivity contribution in [2.45, 2.75) is 32.9 Å². The second-order valence-corrected chi connectivity index (χ2v) is 6.65. The van der Waals surface area contributed by atoms with Gasteiger partial charge >= 0.3 is 0 Å². The number of rotatable bonds is 6. The Hall–Kier alpha value is -2.65. The minimum atomic E-state index is -0.615. The normalized spacial score (nSPS) is 12.7. The number of benzene rings is 1. The Kier molecular flexibility index (Phi) is 6.31. The van der Waals surface area contributed by atoms with E-state index in [4.69, 9.17) is 5.26 Å². The van der Waals surface area contributed by atoms with Gasteiger partial charge < -0.3 is 10.2 Å². The highest BCUT2D eigenvalue weighted by molar-refractivity contribution is 7.12. The summed E-state index contributed by atoms with van der Waals surface area (Å²) in [5.41, 5.74) is 1.54. The molecule has 0 saturated heterocycles. The summed E-state index contributed by atoms with van der Waals surface area (Å²) in [6.45, 7) is 6.07. The molecule has 130 valence electrons. The van der Waals surface area contributed by atoms with E-state index in [9.17, 15) is 9.59 Å². The lowest BCUT2D eigenvalue weighted by Gasteiger charge is -2.31. The molecule has 0 aliphatic rings. The molecule has 0 radical (unpaired) electrons. The van der Waals surface area contributed by atoms with Crippen molar-refractivity contribution in [1.29, 1.82) is 5.26 Å². The van der Waals surface area contributed by atoms with E-state index in [1.54, 1.807) is 36.1 Å². The molecule has 6 heteroatoms. The number of likely N-dealkylation sites (N-methyl/N-ethyl adjacent to an activating group) is 1. The predicted molar refractivity (Wildman–Crippen MR) is 98.2 cm³/mol. The quantitative estimate of drug-likeness (QED) is 0.863. The predicted octanol–water partition coefficient (Wildman–Crippen LogP) is 3.35. The molecule has 1 aromatic carbocycles. The third-order valence-electron chi connectivity index (χ3n) is 4.08. The van der Waals surface area contributed by atoms with Crippen LogP contribution in [0.2, 0.25) is 0 Å². The molecule has 2 atom stereocenters. The number of nitriles is 1. The van der Waals surface area contributed by atoms with Crippen molar-refractivity contribution in [2.75, 3.05) is 6.54 Å². The van der Waals surface area contributed by atoms with Crippen LogP contribution in [0.25, 0.3) is 0 Å². The first-order chi connectivity index (χ1) is 12.0. The topological polar surface area (TPSA) is 73.2 Å². The summed E-state index contributed by atoms with van der Waals surface area (Å²) in [7, 11) is 0. The third-order valence-corrected chi connectivity index (χ3v) is 4.95. The summed E-state index contributed by atoms with van der Waals surface area (Å²) >= 11 is 1.34. The van der Waals surface area contributed by atoms with Crippen molar-refractivity contribution in [2.24, 2.45) is 0 Å². The van der Waals surface area contributed by atoms with Gasteiger partial charge in [-0.05, 0) is 49.9 Å². The summed E-state index contributed by atoms with van der Waals surface area (Å²) in [6.07, 6.45) is 0. The van der Waals surface area contributed by atoms with Gasteiger partial charge in [-0.25, -0.2) is 0 Å². The fourth-order valence-electron chi connectivity index (χ4n) is 2.62. The molecule has 0 saturated carbocycles. The Morgan fingerprint density at radius 2 is 1.92 bits per heavy atom. The minimum absolute atomic E-state index is 0.135. The Morgan fingerprint density at radius 3 is 2.44 bits per heavy atom. The summed E-state index contributed by atoms with van der Waals surface area (Å²) in [5.74, 6) is -0.373. The molecule has 0 fully saturated rings. The molecule has 1 heterocycles. The van der Waals surface area contributed by atoms with Gasteiger partial charge in [0.15, 0.2) is 0 Å². The van der Waals surface area contributed by atoms with Crippen molar-refractivity contribution < 1.29 is 9.59 Å². The van der Waals surface area contributed by atoms with Crippen LogP contribution in [-0.4, -0.2) is 29.3 Å². The molecular formula is C19H21N3O2S. The zero-order valence-corrected chi connectivity index (χ0v) is 15.3. The van der Waals surface area contributed by atoms with E-state index in [0.29, 0.717) is 17.0 Å². The monoisotopic (exact) mass is 355 g/mol. The molecule has 25 heavy (non-hydrogen) atoms. The van der Waals surface area contributed by atoms with Crippen LogP contribution in [0.5, 0.6) is 0 Å². The Morgan fingerprint density at radius 1 is 1.24 bits per heavy atom. The summed E-state index contributed by atoms with van der Waals surface area (Å²) in [6, 6.07) is 12.1. The van der Waals surface area contributed by atoms with Gasteiger partial charge in [0.1, 0.15) is 6.04 Å². The molecule has 0 spiro atoms. The molecule has 5 nitrogen and oxygen atoms in total.